The van der Waals surface area contributed by atoms with Gasteiger partial charge in [0.15, 0.2) is 11.5 Å². The molecule has 0 radical (unpaired) electrons. The standard InChI is InChI=1S/C31H31N11O/c32-20-26-34-11-9-28(37-26)40-14-12-39(13-15-40)21-22-3-5-23(6-4-22)42-30(24-2-1-10-35-29(24)33)36-25-7-8-27(38-31(25)42)41-16-18-43-19-17-41/h1-11H,12-19,21H2,(H2,33,35). The van der Waals surface area contributed by atoms with Gasteiger partial charge in [-0.2, -0.15) is 5.26 Å². The molecule has 2 aliphatic rings. The topological polar surface area (TPSA) is 138 Å². The zero-order chi connectivity index (χ0) is 29.2. The molecule has 2 saturated heterocycles. The molecule has 0 bridgehead atoms. The summed E-state index contributed by atoms with van der Waals surface area (Å²) in [5, 5.41) is 9.13. The van der Waals surface area contributed by atoms with E-state index in [9.17, 15) is 0 Å². The molecule has 5 aromatic rings. The summed E-state index contributed by atoms with van der Waals surface area (Å²) in [5.74, 6) is 3.05. The number of nitrogens with two attached hydrogens (primary N) is 1. The molecule has 7 rings (SSSR count). The highest BCUT2D eigenvalue weighted by Crippen LogP contribution is 2.31. The van der Waals surface area contributed by atoms with Crippen molar-refractivity contribution < 1.29 is 4.74 Å². The van der Waals surface area contributed by atoms with E-state index in [0.29, 0.717) is 24.9 Å². The number of aromatic nitrogens is 6. The normalized spacial score (nSPS) is 16.0. The monoisotopic (exact) mass is 573 g/mol. The molecule has 1 aromatic carbocycles. The third-order valence-corrected chi connectivity index (χ3v) is 7.94. The van der Waals surface area contributed by atoms with Crippen molar-refractivity contribution in [1.82, 2.24) is 34.4 Å². The third kappa shape index (κ3) is 5.43. The second-order valence-electron chi connectivity index (χ2n) is 10.6. The molecule has 0 amide bonds. The maximum atomic E-state index is 9.13. The molecule has 0 atom stereocenters. The van der Waals surface area contributed by atoms with Crippen LogP contribution < -0.4 is 15.5 Å². The lowest BCUT2D eigenvalue weighted by Crippen LogP contribution is -2.46. The van der Waals surface area contributed by atoms with E-state index < -0.39 is 0 Å². The summed E-state index contributed by atoms with van der Waals surface area (Å²) in [6.07, 6.45) is 3.33. The predicted molar refractivity (Wildman–Crippen MR) is 164 cm³/mol. The van der Waals surface area contributed by atoms with Crippen molar-refractivity contribution >= 4 is 28.6 Å². The first-order valence-electron chi connectivity index (χ1n) is 14.4. The molecule has 43 heavy (non-hydrogen) atoms. The molecular weight excluding hydrogens is 542 g/mol. The van der Waals surface area contributed by atoms with Crippen molar-refractivity contribution in [2.24, 2.45) is 0 Å². The van der Waals surface area contributed by atoms with Gasteiger partial charge in [-0.25, -0.2) is 24.9 Å². The van der Waals surface area contributed by atoms with Gasteiger partial charge in [-0.3, -0.25) is 9.47 Å². The highest BCUT2D eigenvalue weighted by atomic mass is 16.5. The first-order valence-corrected chi connectivity index (χ1v) is 14.4. The molecule has 4 aromatic heterocycles. The number of imidazole rings is 1. The van der Waals surface area contributed by atoms with E-state index in [1.54, 1.807) is 12.4 Å². The van der Waals surface area contributed by atoms with E-state index in [1.165, 1.54) is 5.56 Å². The van der Waals surface area contributed by atoms with Crippen LogP contribution in [-0.4, -0.2) is 86.9 Å². The number of fused-ring (bicyclic) bond motifs is 1. The van der Waals surface area contributed by atoms with Crippen molar-refractivity contribution in [3.05, 3.63) is 78.4 Å². The largest absolute Gasteiger partial charge is 0.383 e. The van der Waals surface area contributed by atoms with E-state index in [2.05, 4.69) is 58.5 Å². The summed E-state index contributed by atoms with van der Waals surface area (Å²) in [6, 6.07) is 20.3. The van der Waals surface area contributed by atoms with E-state index >= 15 is 0 Å². The number of pyridine rings is 2. The molecular formula is C31H31N11O. The Balaban J connectivity index is 1.15. The number of rotatable bonds is 6. The number of nitrogen functional groups attached to an aromatic ring is 1. The van der Waals surface area contributed by atoms with Crippen LogP contribution in [0, 0.1) is 11.3 Å². The second kappa shape index (κ2) is 11.6. The fourth-order valence-electron chi connectivity index (χ4n) is 5.67. The van der Waals surface area contributed by atoms with Crippen LogP contribution in [0.2, 0.25) is 0 Å². The Morgan fingerprint density at radius 1 is 0.791 bits per heavy atom. The highest BCUT2D eigenvalue weighted by molar-refractivity contribution is 5.83. The van der Waals surface area contributed by atoms with Gasteiger partial charge in [0.25, 0.3) is 0 Å². The van der Waals surface area contributed by atoms with Crippen molar-refractivity contribution in [2.45, 2.75) is 6.54 Å². The Labute approximate surface area is 249 Å². The molecule has 216 valence electrons. The third-order valence-electron chi connectivity index (χ3n) is 7.94. The fourth-order valence-corrected chi connectivity index (χ4v) is 5.67. The first-order chi connectivity index (χ1) is 21.2. The molecule has 12 heteroatoms. The summed E-state index contributed by atoms with van der Waals surface area (Å²) in [5.41, 5.74) is 10.8. The summed E-state index contributed by atoms with van der Waals surface area (Å²) in [4.78, 5) is 29.6. The maximum absolute atomic E-state index is 9.13. The average Bonchev–Trinajstić information content (AvgIpc) is 3.44. The van der Waals surface area contributed by atoms with Crippen LogP contribution in [0.1, 0.15) is 11.4 Å². The lowest BCUT2D eigenvalue weighted by Gasteiger charge is -2.35. The van der Waals surface area contributed by atoms with Gasteiger partial charge in [-0.15, -0.1) is 0 Å². The zero-order valence-electron chi connectivity index (χ0n) is 23.7. The molecule has 2 aliphatic heterocycles. The Hall–Kier alpha value is -5.12. The number of nitrogens with zero attached hydrogens (tertiary/aromatic N) is 10. The molecule has 0 unspecified atom stereocenters. The minimum Gasteiger partial charge on any atom is -0.383 e. The smallest absolute Gasteiger partial charge is 0.234 e. The maximum Gasteiger partial charge on any atom is 0.234 e. The quantitative estimate of drug-likeness (QED) is 0.321. The van der Waals surface area contributed by atoms with Gasteiger partial charge in [-0.05, 0) is 48.0 Å². The molecule has 6 heterocycles. The van der Waals surface area contributed by atoms with Gasteiger partial charge in [0.05, 0.1) is 18.8 Å². The van der Waals surface area contributed by atoms with E-state index in [-0.39, 0.29) is 5.82 Å². The van der Waals surface area contributed by atoms with Crippen LogP contribution in [0.25, 0.3) is 28.2 Å². The van der Waals surface area contributed by atoms with Gasteiger partial charge in [0.2, 0.25) is 5.82 Å². The summed E-state index contributed by atoms with van der Waals surface area (Å²) in [6.45, 7) is 7.31. The number of nitriles is 1. The van der Waals surface area contributed by atoms with Crippen molar-refractivity contribution in [3.8, 4) is 23.1 Å². The lowest BCUT2D eigenvalue weighted by molar-refractivity contribution is 0.122. The van der Waals surface area contributed by atoms with Crippen molar-refractivity contribution in [1.29, 1.82) is 5.26 Å². The van der Waals surface area contributed by atoms with E-state index in [1.807, 2.05) is 36.4 Å². The van der Waals surface area contributed by atoms with Crippen molar-refractivity contribution in [2.75, 3.05) is 68.0 Å². The summed E-state index contributed by atoms with van der Waals surface area (Å²) in [7, 11) is 0. The van der Waals surface area contributed by atoms with Gasteiger partial charge >= 0.3 is 0 Å². The Morgan fingerprint density at radius 2 is 1.56 bits per heavy atom. The average molecular weight is 574 g/mol. The number of ether oxygens (including phenoxy) is 1. The molecule has 2 fully saturated rings. The summed E-state index contributed by atoms with van der Waals surface area (Å²) >= 11 is 0. The van der Waals surface area contributed by atoms with Crippen LogP contribution in [-0.2, 0) is 11.3 Å². The predicted octanol–water partition coefficient (Wildman–Crippen LogP) is 2.89. The minimum absolute atomic E-state index is 0.201. The molecule has 0 aliphatic carbocycles. The Morgan fingerprint density at radius 3 is 2.33 bits per heavy atom. The number of hydrogen-bond acceptors (Lipinski definition) is 11. The number of piperazine rings is 1. The number of benzene rings is 1. The van der Waals surface area contributed by atoms with Crippen LogP contribution in [0.3, 0.4) is 0 Å². The minimum atomic E-state index is 0.201. The number of morpholine rings is 1. The molecule has 0 saturated carbocycles. The fraction of sp³-hybridized carbons (Fsp3) is 0.290. The summed E-state index contributed by atoms with van der Waals surface area (Å²) < 4.78 is 7.62. The van der Waals surface area contributed by atoms with Crippen LogP contribution in [0.15, 0.2) is 67.0 Å². The van der Waals surface area contributed by atoms with Crippen molar-refractivity contribution in [3.63, 3.8) is 0 Å². The Bertz CT molecular complexity index is 1780. The molecule has 12 nitrogen and oxygen atoms in total. The van der Waals surface area contributed by atoms with Crippen LogP contribution >= 0.6 is 0 Å². The molecule has 0 spiro atoms. The van der Waals surface area contributed by atoms with Gasteiger partial charge in [0.1, 0.15) is 29.0 Å². The highest BCUT2D eigenvalue weighted by Gasteiger charge is 2.22. The number of hydrogen-bond donors (Lipinski definition) is 1. The lowest BCUT2D eigenvalue weighted by atomic mass is 10.1. The SMILES string of the molecule is N#Cc1nccc(N2CCN(Cc3ccc(-n4c(-c5cccnc5N)nc5ccc(N6CCOCC6)nc54)cc3)CC2)n1. The molecule has 2 N–H and O–H groups in total. The Kier molecular flexibility index (Phi) is 7.24. The first kappa shape index (κ1) is 26.8. The number of anilines is 3. The van der Waals surface area contributed by atoms with E-state index in [4.69, 9.17) is 25.7 Å². The second-order valence-corrected chi connectivity index (χ2v) is 10.6. The zero-order valence-corrected chi connectivity index (χ0v) is 23.7. The van der Waals surface area contributed by atoms with Crippen LogP contribution in [0.4, 0.5) is 17.5 Å². The van der Waals surface area contributed by atoms with Crippen LogP contribution in [0.5, 0.6) is 0 Å². The van der Waals surface area contributed by atoms with Gasteiger partial charge in [0, 0.05) is 63.9 Å². The van der Waals surface area contributed by atoms with E-state index in [0.717, 1.165) is 79.9 Å². The van der Waals surface area contributed by atoms with Gasteiger partial charge in [-0.1, -0.05) is 12.1 Å². The van der Waals surface area contributed by atoms with Gasteiger partial charge < -0.3 is 20.3 Å².